The molecule has 2 saturated heterocycles. The average Bonchev–Trinajstić information content (AvgIpc) is 2.98. The Hall–Kier alpha value is -0.620. The molecule has 0 spiro atoms. The van der Waals surface area contributed by atoms with Gasteiger partial charge in [-0.3, -0.25) is 4.90 Å². The van der Waals surface area contributed by atoms with Gasteiger partial charge in [0.2, 0.25) is 10.0 Å². The van der Waals surface area contributed by atoms with E-state index >= 15 is 0 Å². The summed E-state index contributed by atoms with van der Waals surface area (Å²) < 4.78 is 26.8. The zero-order valence-corrected chi connectivity index (χ0v) is 14.1. The van der Waals surface area contributed by atoms with Crippen LogP contribution in [0.5, 0.6) is 0 Å². The predicted octanol–water partition coefficient (Wildman–Crippen LogP) is 2.44. The van der Waals surface area contributed by atoms with E-state index in [4.69, 9.17) is 11.6 Å². The van der Waals surface area contributed by atoms with Crippen LogP contribution in [0.25, 0.3) is 0 Å². The smallest absolute Gasteiger partial charge is 0.244 e. The lowest BCUT2D eigenvalue weighted by Crippen LogP contribution is -2.60. The molecule has 3 aliphatic rings. The van der Waals surface area contributed by atoms with Crippen LogP contribution >= 0.6 is 11.6 Å². The minimum absolute atomic E-state index is 0.230. The van der Waals surface area contributed by atoms with Crippen molar-refractivity contribution in [1.29, 1.82) is 0 Å². The highest BCUT2D eigenvalue weighted by atomic mass is 35.5. The van der Waals surface area contributed by atoms with Gasteiger partial charge in [0.15, 0.2) is 0 Å². The molecule has 22 heavy (non-hydrogen) atoms. The molecule has 120 valence electrons. The Bertz CT molecular complexity index is 660. The van der Waals surface area contributed by atoms with E-state index in [1.54, 1.807) is 28.6 Å². The first kappa shape index (κ1) is 14.9. The van der Waals surface area contributed by atoms with Crippen molar-refractivity contribution in [2.75, 3.05) is 26.2 Å². The number of nitrogens with zero attached hydrogens (tertiary/aromatic N) is 2. The summed E-state index contributed by atoms with van der Waals surface area (Å²) in [6.45, 7) is 3.53. The molecule has 4 rings (SSSR count). The van der Waals surface area contributed by atoms with Gasteiger partial charge < -0.3 is 0 Å². The molecule has 1 aromatic carbocycles. The minimum Gasteiger partial charge on any atom is -0.297 e. The third-order valence-electron chi connectivity index (χ3n) is 5.55. The summed E-state index contributed by atoms with van der Waals surface area (Å²) in [5.74, 6) is 1.71. The number of hydrogen-bond acceptors (Lipinski definition) is 3. The molecule has 0 bridgehead atoms. The second-order valence-electron chi connectivity index (χ2n) is 6.81. The van der Waals surface area contributed by atoms with Gasteiger partial charge in [-0.25, -0.2) is 8.42 Å². The molecule has 0 amide bonds. The van der Waals surface area contributed by atoms with E-state index in [0.29, 0.717) is 24.2 Å². The summed E-state index contributed by atoms with van der Waals surface area (Å²) >= 11 is 6.05. The van der Waals surface area contributed by atoms with Crippen LogP contribution in [-0.2, 0) is 10.0 Å². The second-order valence-corrected chi connectivity index (χ2v) is 9.12. The average molecular weight is 341 g/mol. The number of rotatable bonds is 3. The van der Waals surface area contributed by atoms with Crippen LogP contribution in [0.1, 0.15) is 19.3 Å². The van der Waals surface area contributed by atoms with Crippen LogP contribution in [0.15, 0.2) is 29.2 Å². The van der Waals surface area contributed by atoms with Crippen LogP contribution in [0, 0.1) is 11.8 Å². The Morgan fingerprint density at radius 3 is 2.27 bits per heavy atom. The minimum atomic E-state index is -3.44. The van der Waals surface area contributed by atoms with Crippen LogP contribution in [0.4, 0.5) is 0 Å². The highest BCUT2D eigenvalue weighted by molar-refractivity contribution is 7.89. The normalized spacial score (nSPS) is 30.4. The van der Waals surface area contributed by atoms with Gasteiger partial charge in [-0.2, -0.15) is 4.31 Å². The molecule has 2 atom stereocenters. The molecule has 0 radical (unpaired) electrons. The lowest BCUT2D eigenvalue weighted by atomic mass is 10.0. The van der Waals surface area contributed by atoms with E-state index in [-0.39, 0.29) is 4.90 Å². The van der Waals surface area contributed by atoms with E-state index in [0.717, 1.165) is 24.9 Å². The van der Waals surface area contributed by atoms with Crippen LogP contribution in [0.3, 0.4) is 0 Å². The Labute approximate surface area is 137 Å². The number of halogens is 1. The fourth-order valence-electron chi connectivity index (χ4n) is 4.21. The first-order valence-electron chi connectivity index (χ1n) is 8.04. The fraction of sp³-hybridized carbons (Fsp3) is 0.625. The highest BCUT2D eigenvalue weighted by Gasteiger charge is 2.45. The molecule has 2 aliphatic heterocycles. The maximum absolute atomic E-state index is 12.6. The van der Waals surface area contributed by atoms with E-state index in [9.17, 15) is 8.42 Å². The fourth-order valence-corrected chi connectivity index (χ4v) is 6.21. The van der Waals surface area contributed by atoms with Crippen molar-refractivity contribution >= 4 is 21.6 Å². The van der Waals surface area contributed by atoms with Gasteiger partial charge >= 0.3 is 0 Å². The molecule has 1 aromatic rings. The van der Waals surface area contributed by atoms with Crippen molar-refractivity contribution < 1.29 is 8.42 Å². The third kappa shape index (κ3) is 2.39. The van der Waals surface area contributed by atoms with Crippen molar-refractivity contribution in [2.24, 2.45) is 11.8 Å². The predicted molar refractivity (Wildman–Crippen MR) is 86.4 cm³/mol. The summed E-state index contributed by atoms with van der Waals surface area (Å²) in [6.07, 6.45) is 4.09. The zero-order chi connectivity index (χ0) is 15.3. The van der Waals surface area contributed by atoms with Gasteiger partial charge in [0.25, 0.3) is 0 Å². The topological polar surface area (TPSA) is 40.6 Å². The van der Waals surface area contributed by atoms with Crippen LogP contribution < -0.4 is 0 Å². The Morgan fingerprint density at radius 2 is 1.64 bits per heavy atom. The number of likely N-dealkylation sites (tertiary alicyclic amines) is 1. The van der Waals surface area contributed by atoms with Gasteiger partial charge in [0.1, 0.15) is 4.90 Å². The molecule has 2 unspecified atom stereocenters. The zero-order valence-electron chi connectivity index (χ0n) is 12.5. The van der Waals surface area contributed by atoms with E-state index in [1.165, 1.54) is 19.3 Å². The van der Waals surface area contributed by atoms with Gasteiger partial charge in [-0.05, 0) is 36.8 Å². The summed E-state index contributed by atoms with van der Waals surface area (Å²) in [7, 11) is -3.44. The quantitative estimate of drug-likeness (QED) is 0.848. The van der Waals surface area contributed by atoms with Gasteiger partial charge in [0.05, 0.1) is 5.02 Å². The monoisotopic (exact) mass is 340 g/mol. The van der Waals surface area contributed by atoms with Gasteiger partial charge in [0, 0.05) is 32.2 Å². The van der Waals surface area contributed by atoms with Crippen LogP contribution in [-0.4, -0.2) is 49.8 Å². The van der Waals surface area contributed by atoms with E-state index < -0.39 is 10.0 Å². The molecule has 3 fully saturated rings. The number of sulfonamides is 1. The first-order chi connectivity index (χ1) is 10.6. The summed E-state index contributed by atoms with van der Waals surface area (Å²) in [6, 6.07) is 7.09. The molecule has 0 N–H and O–H groups in total. The van der Waals surface area contributed by atoms with E-state index in [1.807, 2.05) is 0 Å². The van der Waals surface area contributed by atoms with Crippen LogP contribution in [0.2, 0.25) is 5.02 Å². The SMILES string of the molecule is O=S(=O)(c1ccccc1Cl)N1CC(N2CC3CCCC3C2)C1. The maximum atomic E-state index is 12.6. The molecule has 2 heterocycles. The second kappa shape index (κ2) is 5.48. The third-order valence-corrected chi connectivity index (χ3v) is 7.89. The Kier molecular flexibility index (Phi) is 3.72. The summed E-state index contributed by atoms with van der Waals surface area (Å²) in [4.78, 5) is 2.74. The Morgan fingerprint density at radius 1 is 1.00 bits per heavy atom. The number of benzene rings is 1. The van der Waals surface area contributed by atoms with Gasteiger partial charge in [-0.15, -0.1) is 0 Å². The molecule has 0 aromatic heterocycles. The van der Waals surface area contributed by atoms with Crippen molar-refractivity contribution in [3.8, 4) is 0 Å². The molecule has 4 nitrogen and oxygen atoms in total. The van der Waals surface area contributed by atoms with Crippen molar-refractivity contribution in [2.45, 2.75) is 30.2 Å². The highest BCUT2D eigenvalue weighted by Crippen LogP contribution is 2.40. The summed E-state index contributed by atoms with van der Waals surface area (Å²) in [5.41, 5.74) is 0. The molecule has 1 saturated carbocycles. The Balaban J connectivity index is 1.42. The lowest BCUT2D eigenvalue weighted by Gasteiger charge is -2.43. The first-order valence-corrected chi connectivity index (χ1v) is 9.86. The lowest BCUT2D eigenvalue weighted by molar-refractivity contribution is 0.102. The van der Waals surface area contributed by atoms with Crippen molar-refractivity contribution in [3.05, 3.63) is 29.3 Å². The molecule has 6 heteroatoms. The maximum Gasteiger partial charge on any atom is 0.244 e. The largest absolute Gasteiger partial charge is 0.297 e. The number of fused-ring (bicyclic) bond motifs is 1. The van der Waals surface area contributed by atoms with Gasteiger partial charge in [-0.1, -0.05) is 30.2 Å². The van der Waals surface area contributed by atoms with E-state index in [2.05, 4.69) is 4.90 Å². The van der Waals surface area contributed by atoms with Crippen molar-refractivity contribution in [3.63, 3.8) is 0 Å². The molecular formula is C16H21ClN2O2S. The van der Waals surface area contributed by atoms with Crippen molar-refractivity contribution in [1.82, 2.24) is 9.21 Å². The molecular weight excluding hydrogens is 320 g/mol. The molecule has 1 aliphatic carbocycles. The standard InChI is InChI=1S/C16H21ClN2O2S/c17-15-6-1-2-7-16(15)22(20,21)19-10-14(11-19)18-8-12-4-3-5-13(12)9-18/h1-2,6-7,12-14H,3-5,8-11H2. The number of hydrogen-bond donors (Lipinski definition) is 0. The summed E-state index contributed by atoms with van der Waals surface area (Å²) in [5, 5.41) is 0.307.